The summed E-state index contributed by atoms with van der Waals surface area (Å²) < 4.78 is 0. The van der Waals surface area contributed by atoms with Crippen molar-refractivity contribution >= 4 is 0 Å². The molecule has 0 fully saturated rings. The number of likely N-dealkylation sites (N-methyl/N-ethyl adjacent to an activating group) is 1. The Morgan fingerprint density at radius 1 is 1.04 bits per heavy atom. The van der Waals surface area contributed by atoms with Gasteiger partial charge < -0.3 is 10.2 Å². The Morgan fingerprint density at radius 2 is 1.61 bits per heavy atom. The SMILES string of the molecule is CCCC(C)(C)NCCc1ccc(CCN(C)CC(C)C)cc1. The highest BCUT2D eigenvalue weighted by Gasteiger charge is 2.14. The van der Waals surface area contributed by atoms with E-state index in [-0.39, 0.29) is 5.54 Å². The van der Waals surface area contributed by atoms with Crippen molar-refractivity contribution < 1.29 is 0 Å². The first-order valence-electron chi connectivity index (χ1n) is 9.34. The van der Waals surface area contributed by atoms with Crippen LogP contribution in [0, 0.1) is 5.92 Å². The Balaban J connectivity index is 2.33. The zero-order valence-corrected chi connectivity index (χ0v) is 16.3. The number of benzene rings is 1. The molecular weight excluding hydrogens is 280 g/mol. The average Bonchev–Trinajstić information content (AvgIpc) is 2.45. The molecule has 0 aliphatic heterocycles. The van der Waals surface area contributed by atoms with Crippen LogP contribution in [0.15, 0.2) is 24.3 Å². The molecular formula is C21H38N2. The van der Waals surface area contributed by atoms with E-state index in [4.69, 9.17) is 0 Å². The third-order valence-electron chi connectivity index (χ3n) is 4.37. The number of hydrogen-bond acceptors (Lipinski definition) is 2. The van der Waals surface area contributed by atoms with Gasteiger partial charge in [0.15, 0.2) is 0 Å². The molecule has 1 N–H and O–H groups in total. The lowest BCUT2D eigenvalue weighted by Crippen LogP contribution is -2.40. The molecule has 2 heteroatoms. The first kappa shape index (κ1) is 20.2. The van der Waals surface area contributed by atoms with Gasteiger partial charge in [0, 0.05) is 18.6 Å². The second-order valence-electron chi connectivity index (χ2n) is 8.03. The van der Waals surface area contributed by atoms with Crippen LogP contribution in [0.4, 0.5) is 0 Å². The second-order valence-corrected chi connectivity index (χ2v) is 8.03. The third-order valence-corrected chi connectivity index (χ3v) is 4.37. The average molecular weight is 319 g/mol. The molecule has 0 radical (unpaired) electrons. The lowest BCUT2D eigenvalue weighted by atomic mass is 9.98. The highest BCUT2D eigenvalue weighted by atomic mass is 15.1. The lowest BCUT2D eigenvalue weighted by molar-refractivity contribution is 0.299. The number of nitrogens with one attached hydrogen (secondary N) is 1. The van der Waals surface area contributed by atoms with Crippen molar-refractivity contribution in [3.63, 3.8) is 0 Å². The minimum atomic E-state index is 0.260. The van der Waals surface area contributed by atoms with Crippen molar-refractivity contribution in [1.29, 1.82) is 0 Å². The molecule has 2 nitrogen and oxygen atoms in total. The molecule has 0 atom stereocenters. The van der Waals surface area contributed by atoms with Crippen molar-refractivity contribution in [3.8, 4) is 0 Å². The number of rotatable bonds is 11. The van der Waals surface area contributed by atoms with Crippen LogP contribution in [0.5, 0.6) is 0 Å². The van der Waals surface area contributed by atoms with E-state index in [0.717, 1.165) is 31.8 Å². The van der Waals surface area contributed by atoms with Gasteiger partial charge in [-0.3, -0.25) is 0 Å². The van der Waals surface area contributed by atoms with Crippen molar-refractivity contribution in [2.75, 3.05) is 26.7 Å². The topological polar surface area (TPSA) is 15.3 Å². The van der Waals surface area contributed by atoms with Gasteiger partial charge in [0.2, 0.25) is 0 Å². The summed E-state index contributed by atoms with van der Waals surface area (Å²) in [5.41, 5.74) is 3.14. The summed E-state index contributed by atoms with van der Waals surface area (Å²) in [6, 6.07) is 9.20. The Bertz CT molecular complexity index is 420. The molecule has 0 heterocycles. The molecule has 0 aliphatic rings. The molecule has 0 saturated carbocycles. The fraction of sp³-hybridized carbons (Fsp3) is 0.714. The summed E-state index contributed by atoms with van der Waals surface area (Å²) in [5.74, 6) is 0.742. The molecule has 23 heavy (non-hydrogen) atoms. The van der Waals surface area contributed by atoms with Crippen molar-refractivity contribution in [2.24, 2.45) is 5.92 Å². The number of hydrogen-bond donors (Lipinski definition) is 1. The van der Waals surface area contributed by atoms with E-state index in [2.05, 4.69) is 76.1 Å². The molecule has 1 aromatic carbocycles. The lowest BCUT2D eigenvalue weighted by Gasteiger charge is -2.25. The van der Waals surface area contributed by atoms with Crippen molar-refractivity contribution in [2.45, 2.75) is 65.8 Å². The maximum Gasteiger partial charge on any atom is 0.0125 e. The highest BCUT2D eigenvalue weighted by molar-refractivity contribution is 5.23. The summed E-state index contributed by atoms with van der Waals surface area (Å²) >= 11 is 0. The van der Waals surface area contributed by atoms with E-state index >= 15 is 0 Å². The molecule has 0 saturated heterocycles. The summed E-state index contributed by atoms with van der Waals surface area (Å²) in [5, 5.41) is 3.67. The Labute approximate surface area is 144 Å². The molecule has 0 amide bonds. The molecule has 0 unspecified atom stereocenters. The predicted molar refractivity (Wildman–Crippen MR) is 103 cm³/mol. The molecule has 0 spiro atoms. The standard InChI is InChI=1S/C21H38N2/c1-7-14-21(4,5)22-15-12-19-8-10-20(11-9-19)13-16-23(6)17-18(2)3/h8-11,18,22H,7,12-17H2,1-6H3. The minimum Gasteiger partial charge on any atom is -0.311 e. The van der Waals surface area contributed by atoms with Crippen LogP contribution in [-0.4, -0.2) is 37.1 Å². The van der Waals surface area contributed by atoms with E-state index in [1.807, 2.05) is 0 Å². The fourth-order valence-corrected chi connectivity index (χ4v) is 3.17. The maximum absolute atomic E-state index is 3.67. The first-order chi connectivity index (χ1) is 10.8. The van der Waals surface area contributed by atoms with Crippen molar-refractivity contribution in [3.05, 3.63) is 35.4 Å². The zero-order chi connectivity index (χ0) is 17.3. The van der Waals surface area contributed by atoms with E-state index in [1.165, 1.54) is 30.5 Å². The van der Waals surface area contributed by atoms with Crippen LogP contribution in [0.2, 0.25) is 0 Å². The van der Waals surface area contributed by atoms with Gasteiger partial charge in [-0.25, -0.2) is 0 Å². The largest absolute Gasteiger partial charge is 0.311 e. The molecule has 0 aromatic heterocycles. The Morgan fingerprint density at radius 3 is 2.13 bits per heavy atom. The summed E-state index contributed by atoms with van der Waals surface area (Å²) in [6.07, 6.45) is 4.72. The third kappa shape index (κ3) is 9.12. The van der Waals surface area contributed by atoms with Gasteiger partial charge in [-0.15, -0.1) is 0 Å². The van der Waals surface area contributed by atoms with E-state index < -0.39 is 0 Å². The first-order valence-corrected chi connectivity index (χ1v) is 9.34. The van der Waals surface area contributed by atoms with Gasteiger partial charge in [-0.2, -0.15) is 0 Å². The van der Waals surface area contributed by atoms with Crippen LogP contribution in [-0.2, 0) is 12.8 Å². The normalized spacial score (nSPS) is 12.3. The van der Waals surface area contributed by atoms with Crippen LogP contribution in [0.25, 0.3) is 0 Å². The molecule has 0 bridgehead atoms. The van der Waals surface area contributed by atoms with E-state index in [0.29, 0.717) is 0 Å². The summed E-state index contributed by atoms with van der Waals surface area (Å²) in [6.45, 7) is 14.8. The minimum absolute atomic E-state index is 0.260. The van der Waals surface area contributed by atoms with Crippen molar-refractivity contribution in [1.82, 2.24) is 10.2 Å². The number of nitrogens with zero attached hydrogens (tertiary/aromatic N) is 1. The van der Waals surface area contributed by atoms with Crippen LogP contribution >= 0.6 is 0 Å². The fourth-order valence-electron chi connectivity index (χ4n) is 3.17. The van der Waals surface area contributed by atoms with Gasteiger partial charge >= 0.3 is 0 Å². The highest BCUT2D eigenvalue weighted by Crippen LogP contribution is 2.11. The predicted octanol–water partition coefficient (Wildman–Crippen LogP) is 4.53. The van der Waals surface area contributed by atoms with Crippen LogP contribution in [0.3, 0.4) is 0 Å². The van der Waals surface area contributed by atoms with Gasteiger partial charge in [0.05, 0.1) is 0 Å². The molecule has 132 valence electrons. The van der Waals surface area contributed by atoms with Gasteiger partial charge in [0.25, 0.3) is 0 Å². The van der Waals surface area contributed by atoms with E-state index in [9.17, 15) is 0 Å². The van der Waals surface area contributed by atoms with Gasteiger partial charge in [0.1, 0.15) is 0 Å². The van der Waals surface area contributed by atoms with Crippen LogP contribution < -0.4 is 5.32 Å². The monoisotopic (exact) mass is 318 g/mol. The molecule has 0 aliphatic carbocycles. The van der Waals surface area contributed by atoms with Gasteiger partial charge in [-0.1, -0.05) is 51.5 Å². The Hall–Kier alpha value is -0.860. The molecule has 1 rings (SSSR count). The van der Waals surface area contributed by atoms with Gasteiger partial charge in [-0.05, 0) is 63.7 Å². The summed E-state index contributed by atoms with van der Waals surface area (Å²) in [4.78, 5) is 2.43. The van der Waals surface area contributed by atoms with E-state index in [1.54, 1.807) is 0 Å². The second kappa shape index (κ2) is 10.1. The Kier molecular flexibility index (Phi) is 8.86. The molecule has 1 aromatic rings. The van der Waals surface area contributed by atoms with Crippen LogP contribution in [0.1, 0.15) is 58.6 Å². The summed E-state index contributed by atoms with van der Waals surface area (Å²) in [7, 11) is 2.22. The quantitative estimate of drug-likeness (QED) is 0.645. The zero-order valence-electron chi connectivity index (χ0n) is 16.3. The smallest absolute Gasteiger partial charge is 0.0125 e. The maximum atomic E-state index is 3.67.